The number of hydrogen-bond donors (Lipinski definition) is 2. The Bertz CT molecular complexity index is 558. The molecule has 0 atom stereocenters. The number of carbonyl (C=O) groups is 2. The minimum Gasteiger partial charge on any atom is -0.350 e. The van der Waals surface area contributed by atoms with Crippen molar-refractivity contribution in [1.82, 2.24) is 5.32 Å². The van der Waals surface area contributed by atoms with Gasteiger partial charge in [0.05, 0.1) is 5.54 Å². The molecule has 1 heterocycles. The molecule has 1 saturated heterocycles. The number of nitrogens with one attached hydrogen (secondary N) is 1. The topological polar surface area (TPSA) is 75.4 Å². The number of amides is 2. The van der Waals surface area contributed by atoms with E-state index in [0.717, 1.165) is 37.1 Å². The summed E-state index contributed by atoms with van der Waals surface area (Å²) < 4.78 is 0. The van der Waals surface area contributed by atoms with E-state index in [9.17, 15) is 9.59 Å². The molecular formula is C15H20ClN3O2. The van der Waals surface area contributed by atoms with Crippen LogP contribution in [0.3, 0.4) is 0 Å². The van der Waals surface area contributed by atoms with Crippen LogP contribution in [0.1, 0.15) is 31.2 Å². The molecule has 1 saturated carbocycles. The van der Waals surface area contributed by atoms with Crippen molar-refractivity contribution in [1.29, 1.82) is 0 Å². The molecule has 2 amide bonds. The molecule has 21 heavy (non-hydrogen) atoms. The Hall–Kier alpha value is -1.59. The van der Waals surface area contributed by atoms with Crippen molar-refractivity contribution in [3.63, 3.8) is 0 Å². The Morgan fingerprint density at radius 1 is 1.38 bits per heavy atom. The zero-order chi connectivity index (χ0) is 14.2. The van der Waals surface area contributed by atoms with Crippen LogP contribution in [0, 0.1) is 0 Å². The van der Waals surface area contributed by atoms with Crippen LogP contribution in [0.15, 0.2) is 24.3 Å². The van der Waals surface area contributed by atoms with E-state index in [-0.39, 0.29) is 24.2 Å². The van der Waals surface area contributed by atoms with Crippen LogP contribution in [0.4, 0.5) is 5.69 Å². The molecule has 0 radical (unpaired) electrons. The number of carbonyl (C=O) groups excluding carboxylic acids is 2. The van der Waals surface area contributed by atoms with Gasteiger partial charge in [-0.2, -0.15) is 0 Å². The smallest absolute Gasteiger partial charge is 0.240 e. The molecule has 1 aliphatic heterocycles. The molecule has 1 aliphatic carbocycles. The number of halogens is 1. The van der Waals surface area contributed by atoms with E-state index in [2.05, 4.69) is 5.32 Å². The molecular weight excluding hydrogens is 290 g/mol. The molecule has 2 aliphatic rings. The lowest BCUT2D eigenvalue weighted by molar-refractivity contribution is -0.123. The number of nitrogens with zero attached hydrogens (tertiary/aromatic N) is 1. The fourth-order valence-corrected chi connectivity index (χ4v) is 2.48. The van der Waals surface area contributed by atoms with E-state index in [1.165, 1.54) is 0 Å². The summed E-state index contributed by atoms with van der Waals surface area (Å²) in [6.07, 6.45) is 3.06. The Labute approximate surface area is 130 Å². The van der Waals surface area contributed by atoms with Crippen molar-refractivity contribution >= 4 is 29.9 Å². The minimum atomic E-state index is -0.636. The first-order valence-corrected chi connectivity index (χ1v) is 7.05. The molecule has 0 aromatic heterocycles. The summed E-state index contributed by atoms with van der Waals surface area (Å²) in [6.45, 7) is 1.23. The second-order valence-electron chi connectivity index (χ2n) is 5.66. The van der Waals surface area contributed by atoms with Crippen molar-refractivity contribution in [3.8, 4) is 0 Å². The monoisotopic (exact) mass is 309 g/mol. The number of nitrogens with two attached hydrogens (primary N) is 1. The molecule has 0 unspecified atom stereocenters. The summed E-state index contributed by atoms with van der Waals surface area (Å²) >= 11 is 0. The third-order valence-electron chi connectivity index (χ3n) is 3.99. The molecule has 1 aromatic carbocycles. The normalized spacial score (nSPS) is 19.1. The van der Waals surface area contributed by atoms with E-state index in [1.807, 2.05) is 24.3 Å². The number of rotatable bonds is 4. The Morgan fingerprint density at radius 3 is 2.76 bits per heavy atom. The first kappa shape index (κ1) is 15.8. The summed E-state index contributed by atoms with van der Waals surface area (Å²) in [7, 11) is 0. The zero-order valence-electron chi connectivity index (χ0n) is 11.8. The van der Waals surface area contributed by atoms with Gasteiger partial charge in [0.1, 0.15) is 0 Å². The van der Waals surface area contributed by atoms with E-state index in [0.29, 0.717) is 13.0 Å². The number of benzene rings is 1. The predicted octanol–water partition coefficient (Wildman–Crippen LogP) is 1.34. The summed E-state index contributed by atoms with van der Waals surface area (Å²) in [6, 6.07) is 7.75. The van der Waals surface area contributed by atoms with Gasteiger partial charge in [-0.1, -0.05) is 12.1 Å². The van der Waals surface area contributed by atoms with Gasteiger partial charge < -0.3 is 16.0 Å². The first-order valence-electron chi connectivity index (χ1n) is 7.05. The van der Waals surface area contributed by atoms with Gasteiger partial charge in [-0.05, 0) is 37.0 Å². The van der Waals surface area contributed by atoms with Crippen molar-refractivity contribution in [2.24, 2.45) is 5.73 Å². The predicted molar refractivity (Wildman–Crippen MR) is 83.3 cm³/mol. The molecule has 1 aromatic rings. The van der Waals surface area contributed by atoms with Gasteiger partial charge in [-0.3, -0.25) is 9.59 Å². The molecule has 3 rings (SSSR count). The van der Waals surface area contributed by atoms with Crippen molar-refractivity contribution < 1.29 is 9.59 Å². The average molecular weight is 310 g/mol. The van der Waals surface area contributed by atoms with E-state index in [1.54, 1.807) is 4.90 Å². The van der Waals surface area contributed by atoms with Gasteiger partial charge in [0.25, 0.3) is 0 Å². The highest BCUT2D eigenvalue weighted by Crippen LogP contribution is 2.32. The van der Waals surface area contributed by atoms with Gasteiger partial charge in [0, 0.05) is 25.2 Å². The highest BCUT2D eigenvalue weighted by Gasteiger charge is 2.45. The van der Waals surface area contributed by atoms with Crippen molar-refractivity contribution in [3.05, 3.63) is 29.8 Å². The molecule has 5 nitrogen and oxygen atoms in total. The first-order chi connectivity index (χ1) is 9.58. The lowest BCUT2D eigenvalue weighted by atomic mass is 10.1. The van der Waals surface area contributed by atoms with Gasteiger partial charge in [0.2, 0.25) is 11.8 Å². The largest absolute Gasteiger partial charge is 0.350 e. The summed E-state index contributed by atoms with van der Waals surface area (Å²) in [4.78, 5) is 25.3. The van der Waals surface area contributed by atoms with Gasteiger partial charge in [0.15, 0.2) is 0 Å². The van der Waals surface area contributed by atoms with E-state index >= 15 is 0 Å². The lowest BCUT2D eigenvalue weighted by Gasteiger charge is -2.17. The Morgan fingerprint density at radius 2 is 2.14 bits per heavy atom. The van der Waals surface area contributed by atoms with E-state index < -0.39 is 5.54 Å². The maximum Gasteiger partial charge on any atom is 0.240 e. The third kappa shape index (κ3) is 3.36. The number of hydrogen-bond acceptors (Lipinski definition) is 3. The lowest BCUT2D eigenvalue weighted by Crippen LogP contribution is -2.42. The maximum absolute atomic E-state index is 11.8. The van der Waals surface area contributed by atoms with Crippen molar-refractivity contribution in [2.45, 2.75) is 37.8 Å². The van der Waals surface area contributed by atoms with Crippen LogP contribution in [0.5, 0.6) is 0 Å². The second-order valence-corrected chi connectivity index (χ2v) is 5.66. The highest BCUT2D eigenvalue weighted by atomic mass is 35.5. The highest BCUT2D eigenvalue weighted by molar-refractivity contribution is 5.95. The quantitative estimate of drug-likeness (QED) is 0.881. The standard InChI is InChI=1S/C15H19N3O2.ClH/c16-15(6-7-15)14(20)17-10-11-3-1-4-12(9-11)18-8-2-5-13(18)19;/h1,3-4,9H,2,5-8,10,16H2,(H,17,20);1H. The van der Waals surface area contributed by atoms with Crippen LogP contribution in [0.25, 0.3) is 0 Å². The van der Waals surface area contributed by atoms with Crippen molar-refractivity contribution in [2.75, 3.05) is 11.4 Å². The fraction of sp³-hybridized carbons (Fsp3) is 0.467. The minimum absolute atomic E-state index is 0. The summed E-state index contributed by atoms with van der Waals surface area (Å²) in [5.74, 6) is 0.0882. The van der Waals surface area contributed by atoms with Crippen LogP contribution in [-0.2, 0) is 16.1 Å². The maximum atomic E-state index is 11.8. The Balaban J connectivity index is 0.00000161. The molecule has 3 N–H and O–H groups in total. The fourth-order valence-electron chi connectivity index (χ4n) is 2.48. The van der Waals surface area contributed by atoms with Crippen LogP contribution in [-0.4, -0.2) is 23.9 Å². The molecule has 6 heteroatoms. The third-order valence-corrected chi connectivity index (χ3v) is 3.99. The van der Waals surface area contributed by atoms with Gasteiger partial charge >= 0.3 is 0 Å². The van der Waals surface area contributed by atoms with Crippen LogP contribution < -0.4 is 16.0 Å². The second kappa shape index (κ2) is 6.03. The summed E-state index contributed by atoms with van der Waals surface area (Å²) in [5.41, 5.74) is 7.10. The molecule has 2 fully saturated rings. The van der Waals surface area contributed by atoms with Crippen LogP contribution >= 0.6 is 12.4 Å². The Kier molecular flexibility index (Phi) is 4.54. The van der Waals surface area contributed by atoms with Crippen LogP contribution in [0.2, 0.25) is 0 Å². The van der Waals surface area contributed by atoms with E-state index in [4.69, 9.17) is 5.73 Å². The molecule has 0 bridgehead atoms. The molecule has 0 spiro atoms. The van der Waals surface area contributed by atoms with Gasteiger partial charge in [-0.25, -0.2) is 0 Å². The summed E-state index contributed by atoms with van der Waals surface area (Å²) in [5, 5.41) is 2.86. The number of anilines is 1. The SMILES string of the molecule is Cl.NC1(C(=O)NCc2cccc(N3CCCC3=O)c2)CC1. The zero-order valence-corrected chi connectivity index (χ0v) is 12.6. The average Bonchev–Trinajstić information content (AvgIpc) is 3.06. The molecule has 114 valence electrons. The van der Waals surface area contributed by atoms with Gasteiger partial charge in [-0.15, -0.1) is 12.4 Å².